The fourth-order valence-electron chi connectivity index (χ4n) is 2.25. The molecule has 0 saturated carbocycles. The molecule has 0 fully saturated rings. The summed E-state index contributed by atoms with van der Waals surface area (Å²) in [4.78, 5) is 0. The van der Waals surface area contributed by atoms with Crippen molar-refractivity contribution in [1.82, 2.24) is 4.57 Å². The average Bonchev–Trinajstić information content (AvgIpc) is 2.55. The fourth-order valence-corrected chi connectivity index (χ4v) is 2.43. The SMILES string of the molecule is Cc1cc(CCN)c(C)n1-c1cccc(Cl)c1. The molecular weight excluding hydrogens is 232 g/mol. The van der Waals surface area contributed by atoms with Crippen molar-refractivity contribution >= 4 is 11.6 Å². The predicted molar refractivity (Wildman–Crippen MR) is 73.0 cm³/mol. The summed E-state index contributed by atoms with van der Waals surface area (Å²) in [6.07, 6.45) is 0.917. The van der Waals surface area contributed by atoms with Crippen molar-refractivity contribution in [3.05, 3.63) is 52.3 Å². The van der Waals surface area contributed by atoms with Crippen molar-refractivity contribution in [3.8, 4) is 5.69 Å². The maximum atomic E-state index is 6.03. The van der Waals surface area contributed by atoms with Crippen LogP contribution in [0.15, 0.2) is 30.3 Å². The Morgan fingerprint density at radius 1 is 1.24 bits per heavy atom. The van der Waals surface area contributed by atoms with Crippen molar-refractivity contribution < 1.29 is 0 Å². The number of nitrogens with two attached hydrogens (primary N) is 1. The smallest absolute Gasteiger partial charge is 0.0469 e. The molecule has 0 bridgehead atoms. The lowest BCUT2D eigenvalue weighted by molar-refractivity contribution is 0.921. The van der Waals surface area contributed by atoms with Gasteiger partial charge in [-0.2, -0.15) is 0 Å². The van der Waals surface area contributed by atoms with Crippen LogP contribution in [-0.4, -0.2) is 11.1 Å². The van der Waals surface area contributed by atoms with Gasteiger partial charge < -0.3 is 10.3 Å². The Kier molecular flexibility index (Phi) is 3.55. The van der Waals surface area contributed by atoms with Gasteiger partial charge in [0.05, 0.1) is 0 Å². The van der Waals surface area contributed by atoms with Crippen molar-refractivity contribution in [2.75, 3.05) is 6.54 Å². The van der Waals surface area contributed by atoms with E-state index in [1.807, 2.05) is 18.2 Å². The van der Waals surface area contributed by atoms with Gasteiger partial charge in [0.2, 0.25) is 0 Å². The lowest BCUT2D eigenvalue weighted by Crippen LogP contribution is -2.04. The summed E-state index contributed by atoms with van der Waals surface area (Å²) in [6.45, 7) is 4.91. The highest BCUT2D eigenvalue weighted by molar-refractivity contribution is 6.30. The minimum absolute atomic E-state index is 0.680. The third kappa shape index (κ3) is 2.38. The van der Waals surface area contributed by atoms with E-state index in [0.717, 1.165) is 17.1 Å². The molecule has 0 aliphatic carbocycles. The van der Waals surface area contributed by atoms with Crippen LogP contribution in [0.5, 0.6) is 0 Å². The molecule has 0 radical (unpaired) electrons. The van der Waals surface area contributed by atoms with Crippen molar-refractivity contribution in [1.29, 1.82) is 0 Å². The number of benzene rings is 1. The molecule has 2 aromatic rings. The van der Waals surface area contributed by atoms with E-state index in [2.05, 4.69) is 30.5 Å². The number of aryl methyl sites for hydroxylation is 1. The quantitative estimate of drug-likeness (QED) is 0.888. The minimum Gasteiger partial charge on any atom is -0.330 e. The van der Waals surface area contributed by atoms with Crippen LogP contribution in [0.3, 0.4) is 0 Å². The van der Waals surface area contributed by atoms with Crippen LogP contribution in [0, 0.1) is 13.8 Å². The highest BCUT2D eigenvalue weighted by atomic mass is 35.5. The molecule has 0 aliphatic rings. The number of hydrogen-bond donors (Lipinski definition) is 1. The van der Waals surface area contributed by atoms with Crippen molar-refractivity contribution in [2.24, 2.45) is 5.73 Å². The van der Waals surface area contributed by atoms with E-state index in [-0.39, 0.29) is 0 Å². The van der Waals surface area contributed by atoms with Crippen molar-refractivity contribution in [2.45, 2.75) is 20.3 Å². The lowest BCUT2D eigenvalue weighted by atomic mass is 10.2. The Morgan fingerprint density at radius 2 is 2.00 bits per heavy atom. The highest BCUT2D eigenvalue weighted by Crippen LogP contribution is 2.22. The number of rotatable bonds is 3. The normalized spacial score (nSPS) is 10.8. The molecule has 2 nitrogen and oxygen atoms in total. The first-order valence-corrected chi connectivity index (χ1v) is 6.15. The molecule has 0 amide bonds. The second-order valence-electron chi connectivity index (χ2n) is 4.25. The number of halogens is 1. The Labute approximate surface area is 107 Å². The summed E-state index contributed by atoms with van der Waals surface area (Å²) >= 11 is 6.03. The maximum Gasteiger partial charge on any atom is 0.0469 e. The van der Waals surface area contributed by atoms with Gasteiger partial charge in [-0.3, -0.25) is 0 Å². The van der Waals surface area contributed by atoms with Crippen LogP contribution in [0.25, 0.3) is 5.69 Å². The summed E-state index contributed by atoms with van der Waals surface area (Å²) in [5.41, 5.74) is 10.5. The number of nitrogens with zero attached hydrogens (tertiary/aromatic N) is 1. The molecule has 2 rings (SSSR count). The molecule has 3 heteroatoms. The zero-order chi connectivity index (χ0) is 12.4. The van der Waals surface area contributed by atoms with Crippen LogP contribution in [-0.2, 0) is 6.42 Å². The van der Waals surface area contributed by atoms with E-state index in [1.165, 1.54) is 17.0 Å². The van der Waals surface area contributed by atoms with Crippen LogP contribution in [0.2, 0.25) is 5.02 Å². The molecule has 2 N–H and O–H groups in total. The largest absolute Gasteiger partial charge is 0.330 e. The first-order chi connectivity index (χ1) is 8.13. The van der Waals surface area contributed by atoms with Crippen molar-refractivity contribution in [3.63, 3.8) is 0 Å². The summed E-state index contributed by atoms with van der Waals surface area (Å²) in [5, 5.41) is 0.760. The Balaban J connectivity index is 2.52. The van der Waals surface area contributed by atoms with Gasteiger partial charge in [0.1, 0.15) is 0 Å². The highest BCUT2D eigenvalue weighted by Gasteiger charge is 2.09. The molecule has 1 aromatic heterocycles. The number of hydrogen-bond acceptors (Lipinski definition) is 1. The van der Waals surface area contributed by atoms with Gasteiger partial charge in [-0.15, -0.1) is 0 Å². The monoisotopic (exact) mass is 248 g/mol. The number of aromatic nitrogens is 1. The summed E-state index contributed by atoms with van der Waals surface area (Å²) in [5.74, 6) is 0. The fraction of sp³-hybridized carbons (Fsp3) is 0.286. The third-order valence-electron chi connectivity index (χ3n) is 3.02. The van der Waals surface area contributed by atoms with E-state index >= 15 is 0 Å². The van der Waals surface area contributed by atoms with Crippen LogP contribution < -0.4 is 5.73 Å². The third-order valence-corrected chi connectivity index (χ3v) is 3.25. The standard InChI is InChI=1S/C14H17ClN2/c1-10-8-12(6-7-16)11(2)17(10)14-5-3-4-13(15)9-14/h3-5,8-9H,6-7,16H2,1-2H3. The maximum absolute atomic E-state index is 6.03. The van der Waals surface area contributed by atoms with Gasteiger partial charge in [-0.25, -0.2) is 0 Å². The molecule has 17 heavy (non-hydrogen) atoms. The molecule has 0 spiro atoms. The topological polar surface area (TPSA) is 30.9 Å². The Morgan fingerprint density at radius 3 is 2.65 bits per heavy atom. The van der Waals surface area contributed by atoms with Gasteiger partial charge in [0.15, 0.2) is 0 Å². The van der Waals surface area contributed by atoms with Crippen LogP contribution in [0.4, 0.5) is 0 Å². The first-order valence-electron chi connectivity index (χ1n) is 5.77. The van der Waals surface area contributed by atoms with Gasteiger partial charge in [0.25, 0.3) is 0 Å². The molecule has 0 atom stereocenters. The van der Waals surface area contributed by atoms with E-state index in [9.17, 15) is 0 Å². The summed E-state index contributed by atoms with van der Waals surface area (Å²) in [7, 11) is 0. The zero-order valence-corrected chi connectivity index (χ0v) is 11.0. The van der Waals surface area contributed by atoms with E-state index < -0.39 is 0 Å². The second kappa shape index (κ2) is 4.94. The molecule has 1 aromatic carbocycles. The van der Waals surface area contributed by atoms with Crippen LogP contribution >= 0.6 is 11.6 Å². The van der Waals surface area contributed by atoms with Gasteiger partial charge in [0, 0.05) is 22.1 Å². The average molecular weight is 249 g/mol. The molecule has 1 heterocycles. The summed E-state index contributed by atoms with van der Waals surface area (Å²) in [6, 6.07) is 10.1. The molecule has 90 valence electrons. The van der Waals surface area contributed by atoms with Gasteiger partial charge in [-0.1, -0.05) is 17.7 Å². The summed E-state index contributed by atoms with van der Waals surface area (Å²) < 4.78 is 2.22. The van der Waals surface area contributed by atoms with E-state index in [1.54, 1.807) is 0 Å². The molecule has 0 aliphatic heterocycles. The lowest BCUT2D eigenvalue weighted by Gasteiger charge is -2.10. The minimum atomic E-state index is 0.680. The van der Waals surface area contributed by atoms with E-state index in [4.69, 9.17) is 17.3 Å². The Hall–Kier alpha value is -1.25. The second-order valence-corrected chi connectivity index (χ2v) is 4.69. The molecular formula is C14H17ClN2. The Bertz CT molecular complexity index is 529. The zero-order valence-electron chi connectivity index (χ0n) is 10.2. The predicted octanol–water partition coefficient (Wildman–Crippen LogP) is 3.25. The molecule has 0 saturated heterocycles. The first kappa shape index (κ1) is 12.2. The molecule has 0 unspecified atom stereocenters. The van der Waals surface area contributed by atoms with Gasteiger partial charge in [-0.05, 0) is 56.6 Å². The van der Waals surface area contributed by atoms with Crippen LogP contribution in [0.1, 0.15) is 17.0 Å². The van der Waals surface area contributed by atoms with Gasteiger partial charge >= 0.3 is 0 Å². The van der Waals surface area contributed by atoms with E-state index in [0.29, 0.717) is 6.54 Å².